The third-order valence-electron chi connectivity index (χ3n) is 3.94. The highest BCUT2D eigenvalue weighted by Gasteiger charge is 2.02. The molecule has 0 N–H and O–H groups in total. The van der Waals surface area contributed by atoms with Gasteiger partial charge in [0, 0.05) is 0 Å². The van der Waals surface area contributed by atoms with Gasteiger partial charge in [0.2, 0.25) is 0 Å². The quantitative estimate of drug-likeness (QED) is 0.324. The Morgan fingerprint density at radius 3 is 1.38 bits per heavy atom. The van der Waals surface area contributed by atoms with Gasteiger partial charge in [0.1, 0.15) is 11.5 Å². The number of methoxy groups -OCH3 is 2. The molecule has 0 aliphatic heterocycles. The first-order valence-corrected chi connectivity index (χ1v) is 9.14. The Bertz CT molecular complexity index is 837. The lowest BCUT2D eigenvalue weighted by molar-refractivity contribution is -0.121. The average Bonchev–Trinajstić information content (AvgIpc) is 2.75. The molecule has 0 saturated heterocycles. The lowest BCUT2D eigenvalue weighted by Crippen LogP contribution is -2.01. The van der Waals surface area contributed by atoms with Crippen molar-refractivity contribution in [1.82, 2.24) is 0 Å². The SMILES string of the molecule is COc1ccc(/C=C/C=C/C(=O)CC(=O)/C=C/C=C/c2ccc(OC)cc2)cc1. The number of rotatable bonds is 10. The van der Waals surface area contributed by atoms with Crippen LogP contribution in [0.2, 0.25) is 0 Å². The molecule has 0 radical (unpaired) electrons. The molecule has 29 heavy (non-hydrogen) atoms. The number of allylic oxidation sites excluding steroid dienone is 6. The fraction of sp³-hybridized carbons (Fsp3) is 0.120. The minimum absolute atomic E-state index is 0.153. The summed E-state index contributed by atoms with van der Waals surface area (Å²) < 4.78 is 10.2. The molecule has 148 valence electrons. The van der Waals surface area contributed by atoms with E-state index in [4.69, 9.17) is 9.47 Å². The highest BCUT2D eigenvalue weighted by Crippen LogP contribution is 2.13. The van der Waals surface area contributed by atoms with E-state index in [1.54, 1.807) is 38.5 Å². The molecule has 0 spiro atoms. The lowest BCUT2D eigenvalue weighted by Gasteiger charge is -1.98. The molecule has 0 unspecified atom stereocenters. The summed E-state index contributed by atoms with van der Waals surface area (Å²) in [4.78, 5) is 23.7. The van der Waals surface area contributed by atoms with Crippen molar-refractivity contribution in [2.45, 2.75) is 6.42 Å². The van der Waals surface area contributed by atoms with E-state index in [0.717, 1.165) is 22.6 Å². The van der Waals surface area contributed by atoms with Crippen molar-refractivity contribution in [3.05, 3.63) is 96.1 Å². The van der Waals surface area contributed by atoms with E-state index >= 15 is 0 Å². The third kappa shape index (κ3) is 8.26. The van der Waals surface area contributed by atoms with Crippen LogP contribution in [0.1, 0.15) is 17.5 Å². The van der Waals surface area contributed by atoms with Crippen LogP contribution < -0.4 is 9.47 Å². The summed E-state index contributed by atoms with van der Waals surface area (Å²) in [7, 11) is 3.24. The highest BCUT2D eigenvalue weighted by molar-refractivity contribution is 6.08. The summed E-state index contributed by atoms with van der Waals surface area (Å²) in [5.74, 6) is 1.10. The molecule has 2 aromatic carbocycles. The summed E-state index contributed by atoms with van der Waals surface area (Å²) in [5, 5.41) is 0. The number of carbonyl (C=O) groups excluding carboxylic acids is 2. The predicted molar refractivity (Wildman–Crippen MR) is 117 cm³/mol. The molecule has 4 heteroatoms. The molecule has 0 fully saturated rings. The minimum Gasteiger partial charge on any atom is -0.497 e. The molecule has 0 aliphatic rings. The van der Waals surface area contributed by atoms with Crippen molar-refractivity contribution in [2.75, 3.05) is 14.2 Å². The summed E-state index contributed by atoms with van der Waals surface area (Å²) >= 11 is 0. The van der Waals surface area contributed by atoms with Gasteiger partial charge in [0.25, 0.3) is 0 Å². The number of hydrogen-bond donors (Lipinski definition) is 0. The first kappa shape index (κ1) is 21.6. The molecule has 2 aromatic rings. The van der Waals surface area contributed by atoms with Crippen LogP contribution >= 0.6 is 0 Å². The van der Waals surface area contributed by atoms with Gasteiger partial charge in [-0.15, -0.1) is 0 Å². The Morgan fingerprint density at radius 2 is 1.03 bits per heavy atom. The molecule has 0 bridgehead atoms. The predicted octanol–water partition coefficient (Wildman–Crippen LogP) is 5.07. The number of carbonyl (C=O) groups is 2. The summed E-state index contributed by atoms with van der Waals surface area (Å²) in [6.07, 6.45) is 13.2. The van der Waals surface area contributed by atoms with E-state index < -0.39 is 0 Å². The topological polar surface area (TPSA) is 52.6 Å². The minimum atomic E-state index is -0.238. The molecule has 0 saturated carbocycles. The van der Waals surface area contributed by atoms with Crippen LogP contribution in [0, 0.1) is 0 Å². The second-order valence-corrected chi connectivity index (χ2v) is 6.09. The van der Waals surface area contributed by atoms with E-state index in [1.165, 1.54) is 12.2 Å². The van der Waals surface area contributed by atoms with Crippen LogP contribution in [0.25, 0.3) is 12.2 Å². The van der Waals surface area contributed by atoms with Crippen LogP contribution in [0.15, 0.2) is 85.0 Å². The van der Waals surface area contributed by atoms with Gasteiger partial charge >= 0.3 is 0 Å². The molecular formula is C25H24O4. The van der Waals surface area contributed by atoms with E-state index in [-0.39, 0.29) is 18.0 Å². The molecule has 0 aliphatic carbocycles. The Hall–Kier alpha value is -3.66. The Balaban J connectivity index is 1.76. The molecular weight excluding hydrogens is 364 g/mol. The van der Waals surface area contributed by atoms with Crippen molar-refractivity contribution in [2.24, 2.45) is 0 Å². The monoisotopic (exact) mass is 388 g/mol. The molecule has 0 amide bonds. The van der Waals surface area contributed by atoms with Crippen molar-refractivity contribution in [3.63, 3.8) is 0 Å². The fourth-order valence-electron chi connectivity index (χ4n) is 2.38. The first-order valence-electron chi connectivity index (χ1n) is 9.14. The maximum atomic E-state index is 11.8. The van der Waals surface area contributed by atoms with E-state index in [2.05, 4.69) is 0 Å². The van der Waals surface area contributed by atoms with E-state index in [9.17, 15) is 9.59 Å². The lowest BCUT2D eigenvalue weighted by atomic mass is 10.1. The molecule has 0 aromatic heterocycles. The van der Waals surface area contributed by atoms with Gasteiger partial charge in [0.15, 0.2) is 11.6 Å². The van der Waals surface area contributed by atoms with Crippen molar-refractivity contribution < 1.29 is 19.1 Å². The van der Waals surface area contributed by atoms with E-state index in [0.29, 0.717) is 0 Å². The number of benzene rings is 2. The van der Waals surface area contributed by atoms with Crippen molar-refractivity contribution >= 4 is 23.7 Å². The number of ketones is 2. The van der Waals surface area contributed by atoms with Crippen molar-refractivity contribution in [3.8, 4) is 11.5 Å². The maximum Gasteiger partial charge on any atom is 0.163 e. The average molecular weight is 388 g/mol. The second kappa shape index (κ2) is 11.9. The summed E-state index contributed by atoms with van der Waals surface area (Å²) in [6, 6.07) is 15.1. The summed E-state index contributed by atoms with van der Waals surface area (Å²) in [6.45, 7) is 0. The number of ether oxygens (including phenoxy) is 2. The van der Waals surface area contributed by atoms with Crippen LogP contribution in [0.3, 0.4) is 0 Å². The van der Waals surface area contributed by atoms with Gasteiger partial charge in [-0.2, -0.15) is 0 Å². The molecule has 4 nitrogen and oxygen atoms in total. The van der Waals surface area contributed by atoms with Crippen LogP contribution in [0.5, 0.6) is 11.5 Å². The largest absolute Gasteiger partial charge is 0.497 e. The zero-order chi connectivity index (χ0) is 20.9. The maximum absolute atomic E-state index is 11.8. The molecule has 0 heterocycles. The Morgan fingerprint density at radius 1 is 0.655 bits per heavy atom. The molecule has 2 rings (SSSR count). The Labute approximate surface area is 171 Å². The smallest absolute Gasteiger partial charge is 0.163 e. The van der Waals surface area contributed by atoms with Gasteiger partial charge in [-0.25, -0.2) is 0 Å². The zero-order valence-electron chi connectivity index (χ0n) is 16.6. The first-order chi connectivity index (χ1) is 14.1. The van der Waals surface area contributed by atoms with E-state index in [1.807, 2.05) is 60.7 Å². The highest BCUT2D eigenvalue weighted by atomic mass is 16.5. The van der Waals surface area contributed by atoms with Crippen LogP contribution in [0.4, 0.5) is 0 Å². The standard InChI is InChI=1S/C25H24O4/c1-28-24-15-11-20(12-16-24)7-3-5-9-22(26)19-23(27)10-6-4-8-21-13-17-25(29-2)18-14-21/h3-18H,19H2,1-2H3/b7-3+,8-4+,9-5+,10-6+. The number of hydrogen-bond acceptors (Lipinski definition) is 4. The van der Waals surface area contributed by atoms with Gasteiger partial charge in [-0.3, -0.25) is 9.59 Å². The molecule has 0 atom stereocenters. The van der Waals surface area contributed by atoms with Gasteiger partial charge < -0.3 is 9.47 Å². The summed E-state index contributed by atoms with van der Waals surface area (Å²) in [5.41, 5.74) is 1.98. The van der Waals surface area contributed by atoms with Crippen LogP contribution in [-0.4, -0.2) is 25.8 Å². The normalized spacial score (nSPS) is 11.7. The Kier molecular flexibility index (Phi) is 8.90. The second-order valence-electron chi connectivity index (χ2n) is 6.09. The van der Waals surface area contributed by atoms with Gasteiger partial charge in [-0.05, 0) is 47.5 Å². The zero-order valence-corrected chi connectivity index (χ0v) is 16.6. The van der Waals surface area contributed by atoms with Gasteiger partial charge in [-0.1, -0.05) is 60.7 Å². The van der Waals surface area contributed by atoms with Crippen LogP contribution in [-0.2, 0) is 9.59 Å². The fourth-order valence-corrected chi connectivity index (χ4v) is 2.38. The van der Waals surface area contributed by atoms with Gasteiger partial charge in [0.05, 0.1) is 20.6 Å². The third-order valence-corrected chi connectivity index (χ3v) is 3.94. The van der Waals surface area contributed by atoms with Crippen molar-refractivity contribution in [1.29, 1.82) is 0 Å².